The van der Waals surface area contributed by atoms with E-state index in [0.29, 0.717) is 35.2 Å². The number of rotatable bonds is 5. The summed E-state index contributed by atoms with van der Waals surface area (Å²) in [4.78, 5) is 12.7. The standard InChI is InChI=1S/C21H21ClN4O3S2/c1-14-4-8-17(9-5-14)23-19(27)21-25-24-20(30-21)15-3-2-12-26(13-15)31(28,29)18-10-6-16(22)7-11-18/h4-11,15H,2-3,12-13H2,1H3,(H,23,27)/t15-/m1/s1. The van der Waals surface area contributed by atoms with E-state index in [-0.39, 0.29) is 21.7 Å². The zero-order valence-corrected chi connectivity index (χ0v) is 19.2. The van der Waals surface area contributed by atoms with Gasteiger partial charge in [0, 0.05) is 29.7 Å². The molecule has 1 amide bonds. The average molecular weight is 477 g/mol. The number of amides is 1. The maximum absolute atomic E-state index is 13.0. The van der Waals surface area contributed by atoms with E-state index in [4.69, 9.17) is 11.6 Å². The second-order valence-electron chi connectivity index (χ2n) is 7.42. The van der Waals surface area contributed by atoms with E-state index in [9.17, 15) is 13.2 Å². The molecule has 1 atom stereocenters. The third kappa shape index (κ3) is 4.95. The molecule has 1 fully saturated rings. The van der Waals surface area contributed by atoms with Crippen LogP contribution in [0, 0.1) is 6.92 Å². The molecule has 1 saturated heterocycles. The van der Waals surface area contributed by atoms with Crippen LogP contribution in [-0.4, -0.2) is 41.9 Å². The Morgan fingerprint density at radius 2 is 1.84 bits per heavy atom. The first kappa shape index (κ1) is 21.9. The van der Waals surface area contributed by atoms with Crippen LogP contribution < -0.4 is 5.32 Å². The van der Waals surface area contributed by atoms with Crippen LogP contribution in [0.5, 0.6) is 0 Å². The number of sulfonamides is 1. The molecule has 10 heteroatoms. The predicted octanol–water partition coefficient (Wildman–Crippen LogP) is 4.32. The molecule has 7 nitrogen and oxygen atoms in total. The first-order chi connectivity index (χ1) is 14.8. The van der Waals surface area contributed by atoms with Gasteiger partial charge in [0.25, 0.3) is 5.91 Å². The van der Waals surface area contributed by atoms with Crippen molar-refractivity contribution < 1.29 is 13.2 Å². The van der Waals surface area contributed by atoms with Crippen LogP contribution in [-0.2, 0) is 10.0 Å². The molecular formula is C21H21ClN4O3S2. The lowest BCUT2D eigenvalue weighted by atomic mass is 10.0. The van der Waals surface area contributed by atoms with Crippen molar-refractivity contribution in [1.82, 2.24) is 14.5 Å². The van der Waals surface area contributed by atoms with Crippen LogP contribution in [0.25, 0.3) is 0 Å². The molecule has 1 aliphatic rings. The molecule has 1 aliphatic heterocycles. The average Bonchev–Trinajstić information content (AvgIpc) is 3.26. The second-order valence-corrected chi connectivity index (χ2v) is 10.8. The van der Waals surface area contributed by atoms with Crippen molar-refractivity contribution >= 4 is 44.6 Å². The van der Waals surface area contributed by atoms with Gasteiger partial charge in [0.2, 0.25) is 15.0 Å². The number of benzene rings is 2. The first-order valence-corrected chi connectivity index (χ1v) is 12.4. The number of hydrogen-bond donors (Lipinski definition) is 1. The smallest absolute Gasteiger partial charge is 0.286 e. The van der Waals surface area contributed by atoms with E-state index in [1.54, 1.807) is 12.1 Å². The van der Waals surface area contributed by atoms with Gasteiger partial charge in [-0.05, 0) is 56.2 Å². The van der Waals surface area contributed by atoms with Crippen LogP contribution >= 0.6 is 22.9 Å². The fourth-order valence-corrected chi connectivity index (χ4v) is 5.94. The number of nitrogens with one attached hydrogen (secondary N) is 1. The molecule has 4 rings (SSSR count). The van der Waals surface area contributed by atoms with E-state index in [1.807, 2.05) is 31.2 Å². The molecule has 2 heterocycles. The van der Waals surface area contributed by atoms with E-state index in [2.05, 4.69) is 15.5 Å². The summed E-state index contributed by atoms with van der Waals surface area (Å²) >= 11 is 7.09. The highest BCUT2D eigenvalue weighted by Crippen LogP contribution is 2.32. The third-order valence-corrected chi connectivity index (χ3v) is 8.34. The van der Waals surface area contributed by atoms with E-state index >= 15 is 0 Å². The molecule has 162 valence electrons. The monoisotopic (exact) mass is 476 g/mol. The predicted molar refractivity (Wildman–Crippen MR) is 121 cm³/mol. The number of anilines is 1. The first-order valence-electron chi connectivity index (χ1n) is 9.80. The summed E-state index contributed by atoms with van der Waals surface area (Å²) < 4.78 is 27.5. The molecule has 1 aromatic heterocycles. The normalized spacial score (nSPS) is 17.4. The summed E-state index contributed by atoms with van der Waals surface area (Å²) in [6.45, 7) is 2.73. The summed E-state index contributed by atoms with van der Waals surface area (Å²) in [5.41, 5.74) is 1.79. The minimum absolute atomic E-state index is 0.103. The summed E-state index contributed by atoms with van der Waals surface area (Å²) in [7, 11) is -3.62. The highest BCUT2D eigenvalue weighted by molar-refractivity contribution is 7.89. The molecular weight excluding hydrogens is 456 g/mol. The maximum Gasteiger partial charge on any atom is 0.286 e. The number of halogens is 1. The third-order valence-electron chi connectivity index (χ3n) is 5.13. The number of carbonyl (C=O) groups is 1. The highest BCUT2D eigenvalue weighted by Gasteiger charge is 2.32. The lowest BCUT2D eigenvalue weighted by Gasteiger charge is -2.30. The van der Waals surface area contributed by atoms with Gasteiger partial charge in [-0.15, -0.1) is 10.2 Å². The number of hydrogen-bond acceptors (Lipinski definition) is 6. The molecule has 31 heavy (non-hydrogen) atoms. The van der Waals surface area contributed by atoms with Crippen molar-refractivity contribution in [2.45, 2.75) is 30.6 Å². The molecule has 2 aromatic carbocycles. The Labute approximate surface area is 190 Å². The molecule has 3 aromatic rings. The number of aromatic nitrogens is 2. The Morgan fingerprint density at radius 3 is 2.55 bits per heavy atom. The highest BCUT2D eigenvalue weighted by atomic mass is 35.5. The Balaban J connectivity index is 1.46. The van der Waals surface area contributed by atoms with Crippen molar-refractivity contribution in [2.75, 3.05) is 18.4 Å². The Morgan fingerprint density at radius 1 is 1.13 bits per heavy atom. The SMILES string of the molecule is Cc1ccc(NC(=O)c2nnc([C@@H]3CCCN(S(=O)(=O)c4ccc(Cl)cc4)C3)s2)cc1. The van der Waals surface area contributed by atoms with Gasteiger partial charge in [-0.25, -0.2) is 8.42 Å². The summed E-state index contributed by atoms with van der Waals surface area (Å²) in [5, 5.41) is 12.4. The van der Waals surface area contributed by atoms with Crippen molar-refractivity contribution in [3.63, 3.8) is 0 Å². The molecule has 1 N–H and O–H groups in total. The molecule has 0 bridgehead atoms. The molecule has 0 radical (unpaired) electrons. The van der Waals surface area contributed by atoms with Gasteiger partial charge in [0.1, 0.15) is 5.01 Å². The molecule has 0 unspecified atom stereocenters. The van der Waals surface area contributed by atoms with E-state index in [1.165, 1.54) is 27.8 Å². The largest absolute Gasteiger partial charge is 0.320 e. The minimum Gasteiger partial charge on any atom is -0.320 e. The van der Waals surface area contributed by atoms with Crippen LogP contribution in [0.4, 0.5) is 5.69 Å². The van der Waals surface area contributed by atoms with Gasteiger partial charge in [-0.3, -0.25) is 4.79 Å². The van der Waals surface area contributed by atoms with Gasteiger partial charge in [0.15, 0.2) is 0 Å². The van der Waals surface area contributed by atoms with E-state index < -0.39 is 10.0 Å². The van der Waals surface area contributed by atoms with Gasteiger partial charge in [-0.1, -0.05) is 40.6 Å². The number of aryl methyl sites for hydroxylation is 1. The number of nitrogens with zero attached hydrogens (tertiary/aromatic N) is 3. The van der Waals surface area contributed by atoms with Crippen molar-refractivity contribution in [3.05, 3.63) is 69.1 Å². The quantitative estimate of drug-likeness (QED) is 0.592. The second kappa shape index (κ2) is 9.04. The van der Waals surface area contributed by atoms with Crippen LogP contribution in [0.3, 0.4) is 0 Å². The minimum atomic E-state index is -3.62. The maximum atomic E-state index is 13.0. The summed E-state index contributed by atoms with van der Waals surface area (Å²) in [5.74, 6) is -0.427. The van der Waals surface area contributed by atoms with Crippen molar-refractivity contribution in [3.8, 4) is 0 Å². The fraction of sp³-hybridized carbons (Fsp3) is 0.286. The van der Waals surface area contributed by atoms with Crippen LogP contribution in [0.2, 0.25) is 5.02 Å². The summed E-state index contributed by atoms with van der Waals surface area (Å²) in [6, 6.07) is 13.7. The molecule has 0 spiro atoms. The summed E-state index contributed by atoms with van der Waals surface area (Å²) in [6.07, 6.45) is 1.50. The van der Waals surface area contributed by atoms with Crippen LogP contribution in [0.1, 0.15) is 39.1 Å². The number of piperidine rings is 1. The van der Waals surface area contributed by atoms with Crippen LogP contribution in [0.15, 0.2) is 53.4 Å². The molecule has 0 aliphatic carbocycles. The van der Waals surface area contributed by atoms with E-state index in [0.717, 1.165) is 12.0 Å². The zero-order chi connectivity index (χ0) is 22.0. The lowest BCUT2D eigenvalue weighted by molar-refractivity contribution is 0.102. The van der Waals surface area contributed by atoms with Gasteiger partial charge in [0.05, 0.1) is 4.90 Å². The van der Waals surface area contributed by atoms with Crippen molar-refractivity contribution in [2.24, 2.45) is 0 Å². The zero-order valence-electron chi connectivity index (χ0n) is 16.8. The Bertz CT molecular complexity index is 1180. The fourth-order valence-electron chi connectivity index (χ4n) is 3.43. The number of carbonyl (C=O) groups excluding carboxylic acids is 1. The van der Waals surface area contributed by atoms with Gasteiger partial charge < -0.3 is 5.32 Å². The van der Waals surface area contributed by atoms with Gasteiger partial charge in [-0.2, -0.15) is 4.31 Å². The topological polar surface area (TPSA) is 92.3 Å². The van der Waals surface area contributed by atoms with Gasteiger partial charge >= 0.3 is 0 Å². The Hall–Kier alpha value is -2.33. The van der Waals surface area contributed by atoms with Crippen molar-refractivity contribution in [1.29, 1.82) is 0 Å². The Kier molecular flexibility index (Phi) is 6.38. The molecule has 0 saturated carbocycles. The lowest BCUT2D eigenvalue weighted by Crippen LogP contribution is -2.39.